The molecule has 0 bridgehead atoms. The fourth-order valence-corrected chi connectivity index (χ4v) is 2.66. The van der Waals surface area contributed by atoms with Gasteiger partial charge in [0.2, 0.25) is 11.7 Å². The Balaban J connectivity index is 1.64. The molecule has 1 amide bonds. The van der Waals surface area contributed by atoms with Gasteiger partial charge < -0.3 is 10.1 Å². The van der Waals surface area contributed by atoms with Crippen LogP contribution in [0.1, 0.15) is 24.5 Å². The molecule has 3 aromatic rings. The first-order chi connectivity index (χ1) is 13.1. The van der Waals surface area contributed by atoms with Crippen molar-refractivity contribution in [2.45, 2.75) is 33.7 Å². The molecule has 0 aliphatic heterocycles. The van der Waals surface area contributed by atoms with Gasteiger partial charge in [0.05, 0.1) is 6.61 Å². The summed E-state index contributed by atoms with van der Waals surface area (Å²) >= 11 is 0. The van der Waals surface area contributed by atoms with E-state index in [1.807, 2.05) is 56.3 Å². The van der Waals surface area contributed by atoms with Gasteiger partial charge in [-0.3, -0.25) is 4.79 Å². The van der Waals surface area contributed by atoms with Gasteiger partial charge in [-0.2, -0.15) is 4.80 Å². The van der Waals surface area contributed by atoms with Crippen LogP contribution >= 0.6 is 0 Å². The minimum atomic E-state index is -0.195. The number of tetrazole rings is 1. The van der Waals surface area contributed by atoms with E-state index in [9.17, 15) is 4.79 Å². The fraction of sp³-hybridized carbons (Fsp3) is 0.300. The molecule has 7 nitrogen and oxygen atoms in total. The SMILES string of the molecule is CCCOc1ccc(-c2nnn(CC(=O)Nc3c(C)cccc3C)n2)cc1. The molecule has 0 aliphatic rings. The van der Waals surface area contributed by atoms with Gasteiger partial charge in [-0.1, -0.05) is 25.1 Å². The summed E-state index contributed by atoms with van der Waals surface area (Å²) in [6, 6.07) is 13.4. The summed E-state index contributed by atoms with van der Waals surface area (Å²) < 4.78 is 5.57. The molecule has 0 atom stereocenters. The Labute approximate surface area is 158 Å². The van der Waals surface area contributed by atoms with Gasteiger partial charge in [-0.05, 0) is 60.9 Å². The average Bonchev–Trinajstić information content (AvgIpc) is 3.12. The number of hydrogen-bond donors (Lipinski definition) is 1. The van der Waals surface area contributed by atoms with Gasteiger partial charge in [0, 0.05) is 11.3 Å². The average molecular weight is 365 g/mol. The number of ether oxygens (including phenoxy) is 1. The van der Waals surface area contributed by atoms with Crippen LogP contribution in [0, 0.1) is 13.8 Å². The second-order valence-corrected chi connectivity index (χ2v) is 6.33. The molecule has 0 unspecified atom stereocenters. The molecule has 0 aliphatic carbocycles. The fourth-order valence-electron chi connectivity index (χ4n) is 2.66. The number of anilines is 1. The van der Waals surface area contributed by atoms with Crippen molar-refractivity contribution in [3.63, 3.8) is 0 Å². The van der Waals surface area contributed by atoms with E-state index in [0.29, 0.717) is 12.4 Å². The van der Waals surface area contributed by atoms with E-state index in [1.54, 1.807) is 0 Å². The zero-order valence-electron chi connectivity index (χ0n) is 15.8. The molecule has 7 heteroatoms. The summed E-state index contributed by atoms with van der Waals surface area (Å²) in [5.41, 5.74) is 3.67. The Kier molecular flexibility index (Phi) is 5.80. The van der Waals surface area contributed by atoms with Gasteiger partial charge in [0.25, 0.3) is 0 Å². The molecule has 0 spiro atoms. The highest BCUT2D eigenvalue weighted by Crippen LogP contribution is 2.20. The highest BCUT2D eigenvalue weighted by Gasteiger charge is 2.11. The van der Waals surface area contributed by atoms with Gasteiger partial charge in [-0.25, -0.2) is 0 Å². The maximum atomic E-state index is 12.3. The minimum Gasteiger partial charge on any atom is -0.494 e. The number of nitrogens with zero attached hydrogens (tertiary/aromatic N) is 4. The molecule has 0 saturated carbocycles. The number of para-hydroxylation sites is 1. The third-order valence-corrected chi connectivity index (χ3v) is 4.07. The normalized spacial score (nSPS) is 10.6. The molecular weight excluding hydrogens is 342 g/mol. The van der Waals surface area contributed by atoms with Crippen LogP contribution in [0.3, 0.4) is 0 Å². The second-order valence-electron chi connectivity index (χ2n) is 6.33. The topological polar surface area (TPSA) is 81.9 Å². The van der Waals surface area contributed by atoms with E-state index < -0.39 is 0 Å². The summed E-state index contributed by atoms with van der Waals surface area (Å²) in [5.74, 6) is 1.08. The Bertz CT molecular complexity index is 898. The third-order valence-electron chi connectivity index (χ3n) is 4.07. The van der Waals surface area contributed by atoms with Crippen molar-refractivity contribution in [3.8, 4) is 17.1 Å². The lowest BCUT2D eigenvalue weighted by molar-refractivity contribution is -0.117. The van der Waals surface area contributed by atoms with E-state index in [1.165, 1.54) is 4.80 Å². The van der Waals surface area contributed by atoms with Crippen molar-refractivity contribution < 1.29 is 9.53 Å². The second kappa shape index (κ2) is 8.44. The van der Waals surface area contributed by atoms with Crippen LogP contribution in [0.5, 0.6) is 5.75 Å². The number of aromatic nitrogens is 4. The molecule has 2 aromatic carbocycles. The summed E-state index contributed by atoms with van der Waals surface area (Å²) in [4.78, 5) is 13.6. The van der Waals surface area contributed by atoms with Gasteiger partial charge in [0.1, 0.15) is 12.3 Å². The Morgan fingerprint density at radius 3 is 2.48 bits per heavy atom. The summed E-state index contributed by atoms with van der Waals surface area (Å²) in [5, 5.41) is 15.2. The van der Waals surface area contributed by atoms with Crippen molar-refractivity contribution in [3.05, 3.63) is 53.6 Å². The molecule has 0 saturated heterocycles. The van der Waals surface area contributed by atoms with Gasteiger partial charge in [-0.15, -0.1) is 10.2 Å². The number of rotatable bonds is 7. The molecule has 1 heterocycles. The molecule has 3 rings (SSSR count). The summed E-state index contributed by atoms with van der Waals surface area (Å²) in [6.07, 6.45) is 0.960. The maximum Gasteiger partial charge on any atom is 0.248 e. The standard InChI is InChI=1S/C20H23N5O2/c1-4-12-27-17-10-8-16(9-11-17)20-22-24-25(23-20)13-18(26)21-19-14(2)6-5-7-15(19)3/h5-11H,4,12-13H2,1-3H3,(H,21,26). The molecule has 1 aromatic heterocycles. The van der Waals surface area contributed by atoms with E-state index in [4.69, 9.17) is 4.74 Å². The van der Waals surface area contributed by atoms with E-state index >= 15 is 0 Å². The van der Waals surface area contributed by atoms with Crippen molar-refractivity contribution in [1.29, 1.82) is 0 Å². The number of aryl methyl sites for hydroxylation is 2. The number of nitrogens with one attached hydrogen (secondary N) is 1. The highest BCUT2D eigenvalue weighted by molar-refractivity contribution is 5.92. The lowest BCUT2D eigenvalue weighted by Gasteiger charge is -2.10. The van der Waals surface area contributed by atoms with E-state index in [0.717, 1.165) is 34.5 Å². The first kappa shape index (κ1) is 18.6. The predicted molar refractivity (Wildman–Crippen MR) is 104 cm³/mol. The van der Waals surface area contributed by atoms with Crippen molar-refractivity contribution in [1.82, 2.24) is 20.2 Å². The third kappa shape index (κ3) is 4.69. The van der Waals surface area contributed by atoms with Crippen LogP contribution in [-0.2, 0) is 11.3 Å². The largest absolute Gasteiger partial charge is 0.494 e. The predicted octanol–water partition coefficient (Wildman–Crippen LogP) is 3.38. The summed E-state index contributed by atoms with van der Waals surface area (Å²) in [7, 11) is 0. The van der Waals surface area contributed by atoms with Crippen LogP contribution in [0.15, 0.2) is 42.5 Å². The molecule has 0 fully saturated rings. The number of carbonyl (C=O) groups is 1. The quantitative estimate of drug-likeness (QED) is 0.694. The number of hydrogen-bond acceptors (Lipinski definition) is 5. The smallest absolute Gasteiger partial charge is 0.248 e. The van der Waals surface area contributed by atoms with Crippen molar-refractivity contribution >= 4 is 11.6 Å². The molecule has 0 radical (unpaired) electrons. The van der Waals surface area contributed by atoms with Gasteiger partial charge >= 0.3 is 0 Å². The Morgan fingerprint density at radius 2 is 1.81 bits per heavy atom. The minimum absolute atomic E-state index is 0.00152. The number of carbonyl (C=O) groups excluding carboxylic acids is 1. The monoisotopic (exact) mass is 365 g/mol. The molecule has 27 heavy (non-hydrogen) atoms. The first-order valence-corrected chi connectivity index (χ1v) is 8.94. The van der Waals surface area contributed by atoms with Gasteiger partial charge in [0.15, 0.2) is 0 Å². The lowest BCUT2D eigenvalue weighted by atomic mass is 10.1. The lowest BCUT2D eigenvalue weighted by Crippen LogP contribution is -2.21. The Hall–Kier alpha value is -3.22. The Morgan fingerprint density at radius 1 is 1.11 bits per heavy atom. The van der Waals surface area contributed by atoms with Crippen molar-refractivity contribution in [2.24, 2.45) is 0 Å². The molecular formula is C20H23N5O2. The van der Waals surface area contributed by atoms with Crippen LogP contribution in [0.25, 0.3) is 11.4 Å². The molecule has 140 valence electrons. The molecule has 1 N–H and O–H groups in total. The van der Waals surface area contributed by atoms with Crippen LogP contribution in [0.2, 0.25) is 0 Å². The van der Waals surface area contributed by atoms with E-state index in [-0.39, 0.29) is 12.5 Å². The zero-order chi connectivity index (χ0) is 19.2. The van der Waals surface area contributed by atoms with Crippen LogP contribution in [-0.4, -0.2) is 32.7 Å². The van der Waals surface area contributed by atoms with Crippen molar-refractivity contribution in [2.75, 3.05) is 11.9 Å². The number of benzene rings is 2. The highest BCUT2D eigenvalue weighted by atomic mass is 16.5. The van der Waals surface area contributed by atoms with Crippen LogP contribution < -0.4 is 10.1 Å². The summed E-state index contributed by atoms with van der Waals surface area (Å²) in [6.45, 7) is 6.67. The maximum absolute atomic E-state index is 12.3. The van der Waals surface area contributed by atoms with Crippen LogP contribution in [0.4, 0.5) is 5.69 Å². The van der Waals surface area contributed by atoms with E-state index in [2.05, 4.69) is 27.7 Å². The number of amides is 1. The first-order valence-electron chi connectivity index (χ1n) is 8.94. The zero-order valence-corrected chi connectivity index (χ0v) is 15.8.